The molecule has 3 rings (SSSR count). The van der Waals surface area contributed by atoms with Crippen LogP contribution < -0.4 is 21.1 Å². The van der Waals surface area contributed by atoms with Crippen LogP contribution in [0.15, 0.2) is 77.7 Å². The molecule has 0 aliphatic rings. The molecule has 0 aliphatic carbocycles. The van der Waals surface area contributed by atoms with Crippen molar-refractivity contribution < 1.29 is 51.3 Å². The fourth-order valence-corrected chi connectivity index (χ4v) is 4.90. The molecule has 53 heavy (non-hydrogen) atoms. The molecule has 0 heterocycles. The second-order valence-corrected chi connectivity index (χ2v) is 12.7. The maximum absolute atomic E-state index is 13.0. The van der Waals surface area contributed by atoms with Gasteiger partial charge in [-0.3, -0.25) is 19.2 Å². The number of nitrogens with one attached hydrogen (secondary N) is 3. The number of sulfonamides is 1. The molecule has 16 heteroatoms. The zero-order valence-corrected chi connectivity index (χ0v) is 30.0. The predicted molar refractivity (Wildman–Crippen MR) is 196 cm³/mol. The quantitative estimate of drug-likeness (QED) is 0.0561. The van der Waals surface area contributed by atoms with E-state index in [1.807, 2.05) is 0 Å². The van der Waals surface area contributed by atoms with Crippen molar-refractivity contribution in [2.24, 2.45) is 5.14 Å². The first kappa shape index (κ1) is 42.4. The highest BCUT2D eigenvalue weighted by Gasteiger charge is 2.13. The predicted octanol–water partition coefficient (Wildman–Crippen LogP) is 2.37. The summed E-state index contributed by atoms with van der Waals surface area (Å²) in [5, 5.41) is 13.1. The van der Waals surface area contributed by atoms with Gasteiger partial charge in [-0.25, -0.2) is 13.6 Å². The maximum Gasteiger partial charge on any atom is 0.251 e. The Hall–Kier alpha value is -4.99. The average molecular weight is 753 g/mol. The summed E-state index contributed by atoms with van der Waals surface area (Å²) in [6.07, 6.45) is 5.21. The van der Waals surface area contributed by atoms with Gasteiger partial charge in [0.05, 0.1) is 70.8 Å². The number of carbonyl (C=O) groups excluding carboxylic acids is 4. The Morgan fingerprint density at radius 3 is 1.45 bits per heavy atom. The van der Waals surface area contributed by atoms with Crippen LogP contribution in [0.2, 0.25) is 0 Å². The van der Waals surface area contributed by atoms with Crippen LogP contribution in [0.1, 0.15) is 39.1 Å². The van der Waals surface area contributed by atoms with Crippen molar-refractivity contribution >= 4 is 44.9 Å². The van der Waals surface area contributed by atoms with Crippen LogP contribution in [0.25, 0.3) is 0 Å². The number of rotatable bonds is 25. The molecule has 0 saturated heterocycles. The smallest absolute Gasteiger partial charge is 0.251 e. The summed E-state index contributed by atoms with van der Waals surface area (Å²) in [5.74, 6) is 1.07. The number of terminal acetylenes is 1. The molecule has 284 valence electrons. The first-order valence-corrected chi connectivity index (χ1v) is 18.2. The summed E-state index contributed by atoms with van der Waals surface area (Å²) < 4.78 is 49.4. The number of amides is 3. The van der Waals surface area contributed by atoms with E-state index >= 15 is 0 Å². The molecule has 0 fully saturated rings. The van der Waals surface area contributed by atoms with Gasteiger partial charge in [-0.2, -0.15) is 0 Å². The monoisotopic (exact) mass is 752 g/mol. The first-order valence-electron chi connectivity index (χ1n) is 16.6. The van der Waals surface area contributed by atoms with E-state index in [-0.39, 0.29) is 60.7 Å². The van der Waals surface area contributed by atoms with Gasteiger partial charge >= 0.3 is 0 Å². The molecule has 0 spiro atoms. The largest absolute Gasteiger partial charge is 0.379 e. The van der Waals surface area contributed by atoms with Gasteiger partial charge in [-0.15, -0.1) is 6.42 Å². The van der Waals surface area contributed by atoms with Crippen LogP contribution in [0.3, 0.4) is 0 Å². The minimum absolute atomic E-state index is 0.0200. The summed E-state index contributed by atoms with van der Waals surface area (Å²) in [4.78, 5) is 49.8. The summed E-state index contributed by atoms with van der Waals surface area (Å²) in [6.45, 7) is 3.89. The van der Waals surface area contributed by atoms with Crippen LogP contribution >= 0.6 is 0 Å². The number of benzene rings is 3. The van der Waals surface area contributed by atoms with E-state index in [9.17, 15) is 27.6 Å². The molecule has 5 N–H and O–H groups in total. The average Bonchev–Trinajstić information content (AvgIpc) is 3.14. The minimum atomic E-state index is -3.87. The zero-order valence-electron chi connectivity index (χ0n) is 29.2. The van der Waals surface area contributed by atoms with Crippen molar-refractivity contribution in [3.8, 4) is 12.3 Å². The van der Waals surface area contributed by atoms with E-state index < -0.39 is 15.9 Å². The van der Waals surface area contributed by atoms with Crippen LogP contribution in [-0.2, 0) is 43.3 Å². The Morgan fingerprint density at radius 2 is 1.00 bits per heavy atom. The van der Waals surface area contributed by atoms with Crippen molar-refractivity contribution in [2.45, 2.75) is 17.7 Å². The molecule has 0 atom stereocenters. The molecule has 0 unspecified atom stereocenters. The van der Waals surface area contributed by atoms with E-state index in [0.29, 0.717) is 75.4 Å². The van der Waals surface area contributed by atoms with E-state index in [0.717, 1.165) is 0 Å². The van der Waals surface area contributed by atoms with Gasteiger partial charge in [-0.05, 0) is 72.8 Å². The van der Waals surface area contributed by atoms with E-state index in [4.69, 9.17) is 35.2 Å². The van der Waals surface area contributed by atoms with Crippen molar-refractivity contribution in [3.05, 3.63) is 89.5 Å². The second-order valence-electron chi connectivity index (χ2n) is 11.1. The second kappa shape index (κ2) is 23.5. The number of primary sulfonamides is 1. The third-order valence-electron chi connectivity index (χ3n) is 7.09. The molecule has 0 aliphatic heterocycles. The summed E-state index contributed by atoms with van der Waals surface area (Å²) >= 11 is 0. The van der Waals surface area contributed by atoms with Gasteiger partial charge in [0.15, 0.2) is 5.78 Å². The summed E-state index contributed by atoms with van der Waals surface area (Å²) in [6, 6.07) is 17.9. The van der Waals surface area contributed by atoms with Crippen molar-refractivity contribution in [3.63, 3.8) is 0 Å². The molecule has 0 bridgehead atoms. The standard InChI is InChI=1S/C37H44N4O11S/c1-2-18-48-20-22-50-24-26-52-27-25-51-23-21-49-19-16-35(43)41-32-11-5-29(6-12-32)36(44)28-3-9-31(10-4-28)40-34(42)15-17-39-37(45)30-7-13-33(14-8-30)53(38,46)47/h1,3-14H,15-27H2,(H,39,45)(H,40,42)(H,41,43)(H2,38,46,47). The lowest BCUT2D eigenvalue weighted by molar-refractivity contribution is -0.117. The van der Waals surface area contributed by atoms with Gasteiger partial charge < -0.3 is 39.6 Å². The first-order chi connectivity index (χ1) is 25.6. The Labute approximate surface area is 308 Å². The number of carbonyl (C=O) groups is 4. The Bertz CT molecular complexity index is 1760. The Kier molecular flexibility index (Phi) is 18.8. The lowest BCUT2D eigenvalue weighted by atomic mass is 10.0. The van der Waals surface area contributed by atoms with Crippen molar-refractivity contribution in [2.75, 3.05) is 83.2 Å². The minimum Gasteiger partial charge on any atom is -0.379 e. The fraction of sp³-hybridized carbons (Fsp3) is 0.351. The van der Waals surface area contributed by atoms with E-state index in [1.165, 1.54) is 24.3 Å². The Balaban J connectivity index is 1.25. The summed E-state index contributed by atoms with van der Waals surface area (Å²) in [7, 11) is -3.87. The molecular weight excluding hydrogens is 708 g/mol. The number of nitrogens with two attached hydrogens (primary N) is 1. The SMILES string of the molecule is C#CCOCCOCCOCCOCCOCCC(=O)Nc1ccc(C(=O)c2ccc(NC(=O)CCNC(=O)c3ccc(S(N)(=O)=O)cc3)cc2)cc1. The van der Waals surface area contributed by atoms with Crippen molar-refractivity contribution in [1.82, 2.24) is 5.32 Å². The number of ether oxygens (including phenoxy) is 5. The number of anilines is 2. The highest BCUT2D eigenvalue weighted by atomic mass is 32.2. The lowest BCUT2D eigenvalue weighted by Crippen LogP contribution is -2.27. The fourth-order valence-electron chi connectivity index (χ4n) is 4.39. The molecule has 0 saturated carbocycles. The number of hydrogen-bond donors (Lipinski definition) is 4. The molecule has 3 aromatic carbocycles. The zero-order chi connectivity index (χ0) is 38.3. The van der Waals surface area contributed by atoms with Crippen LogP contribution in [0.5, 0.6) is 0 Å². The molecule has 15 nitrogen and oxygen atoms in total. The molecule has 0 aromatic heterocycles. The highest BCUT2D eigenvalue weighted by molar-refractivity contribution is 7.89. The van der Waals surface area contributed by atoms with Crippen LogP contribution in [0, 0.1) is 12.3 Å². The third-order valence-corrected chi connectivity index (χ3v) is 8.02. The number of ketones is 1. The molecular formula is C37H44N4O11S. The molecule has 3 amide bonds. The van der Waals surface area contributed by atoms with E-state index in [2.05, 4.69) is 21.9 Å². The third kappa shape index (κ3) is 16.9. The summed E-state index contributed by atoms with van der Waals surface area (Å²) in [5.41, 5.74) is 2.03. The van der Waals surface area contributed by atoms with Gasteiger partial charge in [-0.1, -0.05) is 5.92 Å². The molecule has 0 radical (unpaired) electrons. The van der Waals surface area contributed by atoms with E-state index in [1.54, 1.807) is 48.5 Å². The number of hydrogen-bond acceptors (Lipinski definition) is 11. The highest BCUT2D eigenvalue weighted by Crippen LogP contribution is 2.17. The topological polar surface area (TPSA) is 211 Å². The van der Waals surface area contributed by atoms with Gasteiger partial charge in [0, 0.05) is 41.0 Å². The van der Waals surface area contributed by atoms with Gasteiger partial charge in [0.2, 0.25) is 21.8 Å². The van der Waals surface area contributed by atoms with Crippen LogP contribution in [0.4, 0.5) is 11.4 Å². The lowest BCUT2D eigenvalue weighted by Gasteiger charge is -2.09. The molecule has 3 aromatic rings. The maximum atomic E-state index is 13.0. The van der Waals surface area contributed by atoms with Crippen LogP contribution in [-0.4, -0.2) is 105 Å². The van der Waals surface area contributed by atoms with Crippen molar-refractivity contribution in [1.29, 1.82) is 0 Å². The van der Waals surface area contributed by atoms with Gasteiger partial charge in [0.25, 0.3) is 5.91 Å². The Morgan fingerprint density at radius 1 is 0.585 bits per heavy atom. The normalized spacial score (nSPS) is 11.0. The van der Waals surface area contributed by atoms with Gasteiger partial charge in [0.1, 0.15) is 6.61 Å².